The van der Waals surface area contributed by atoms with Crippen LogP contribution in [0, 0.1) is 0 Å². The van der Waals surface area contributed by atoms with Gasteiger partial charge in [-0.2, -0.15) is 0 Å². The predicted octanol–water partition coefficient (Wildman–Crippen LogP) is 10.2. The lowest BCUT2D eigenvalue weighted by atomic mass is 9.92. The summed E-state index contributed by atoms with van der Waals surface area (Å²) in [5.41, 5.74) is 14.2. The summed E-state index contributed by atoms with van der Waals surface area (Å²) in [6.07, 6.45) is 7.59. The summed E-state index contributed by atoms with van der Waals surface area (Å²) in [6, 6.07) is 48.2. The van der Waals surface area contributed by atoms with Crippen molar-refractivity contribution in [1.82, 2.24) is 19.9 Å². The van der Waals surface area contributed by atoms with E-state index in [0.717, 1.165) is 71.8 Å². The van der Waals surface area contributed by atoms with Crippen LogP contribution in [-0.2, 0) is 0 Å². The molecule has 10 rings (SSSR count). The maximum absolute atomic E-state index is 5.04. The van der Waals surface area contributed by atoms with Gasteiger partial charge in [0.05, 0.1) is 22.2 Å². The fourth-order valence-corrected chi connectivity index (χ4v) is 11.0. The van der Waals surface area contributed by atoms with E-state index >= 15 is 0 Å². The van der Waals surface area contributed by atoms with Crippen molar-refractivity contribution in [1.29, 1.82) is 0 Å². The van der Waals surface area contributed by atoms with Gasteiger partial charge in [0.2, 0.25) is 0 Å². The van der Waals surface area contributed by atoms with Crippen LogP contribution in [0.15, 0.2) is 158 Å². The van der Waals surface area contributed by atoms with Crippen molar-refractivity contribution in [3.05, 3.63) is 158 Å². The number of benzene rings is 5. The van der Waals surface area contributed by atoms with Crippen molar-refractivity contribution in [2.45, 2.75) is 13.1 Å². The van der Waals surface area contributed by atoms with Gasteiger partial charge >= 0.3 is 0 Å². The molecule has 0 saturated heterocycles. The molecule has 0 spiro atoms. The molecule has 5 heteroatoms. The average molecular weight is 669 g/mol. The van der Waals surface area contributed by atoms with Gasteiger partial charge in [-0.1, -0.05) is 98.0 Å². The highest BCUT2D eigenvalue weighted by Crippen LogP contribution is 2.38. The molecule has 1 aliphatic rings. The molecule has 4 aromatic heterocycles. The summed E-state index contributed by atoms with van der Waals surface area (Å²) < 4.78 is 0. The first kappa shape index (κ1) is 29.6. The molecule has 0 bridgehead atoms. The Morgan fingerprint density at radius 1 is 0.373 bits per heavy atom. The molecule has 0 N–H and O–H groups in total. The summed E-state index contributed by atoms with van der Waals surface area (Å²) in [5.74, 6) is 0. The van der Waals surface area contributed by atoms with Crippen molar-refractivity contribution < 1.29 is 0 Å². The van der Waals surface area contributed by atoms with E-state index in [1.54, 1.807) is 0 Å². The van der Waals surface area contributed by atoms with E-state index in [9.17, 15) is 0 Å². The fourth-order valence-electron chi connectivity index (χ4n) is 7.96. The third-order valence-corrected chi connectivity index (χ3v) is 14.2. The van der Waals surface area contributed by atoms with Gasteiger partial charge < -0.3 is 0 Å². The van der Waals surface area contributed by atoms with Crippen LogP contribution >= 0.6 is 0 Å². The molecule has 0 radical (unpaired) electrons. The van der Waals surface area contributed by atoms with Gasteiger partial charge in [0, 0.05) is 63.2 Å². The average Bonchev–Trinajstić information content (AvgIpc) is 3.42. The van der Waals surface area contributed by atoms with Gasteiger partial charge in [0.1, 0.15) is 8.07 Å². The third-order valence-electron chi connectivity index (χ3n) is 10.6. The van der Waals surface area contributed by atoms with Crippen LogP contribution in [0.2, 0.25) is 13.1 Å². The first-order valence-electron chi connectivity index (χ1n) is 17.4. The van der Waals surface area contributed by atoms with Crippen molar-refractivity contribution >= 4 is 51.2 Å². The molecule has 0 aliphatic carbocycles. The molecule has 240 valence electrons. The zero-order chi connectivity index (χ0) is 34.1. The van der Waals surface area contributed by atoms with Gasteiger partial charge in [-0.15, -0.1) is 0 Å². The van der Waals surface area contributed by atoms with E-state index in [0.29, 0.717) is 0 Å². The number of hydrogen-bond donors (Lipinski definition) is 0. The van der Waals surface area contributed by atoms with Crippen LogP contribution in [-0.4, -0.2) is 28.0 Å². The topological polar surface area (TPSA) is 51.6 Å². The molecule has 0 unspecified atom stereocenters. The minimum Gasteiger partial charge on any atom is -0.256 e. The van der Waals surface area contributed by atoms with Crippen LogP contribution < -0.4 is 10.4 Å². The van der Waals surface area contributed by atoms with Crippen molar-refractivity contribution in [3.8, 4) is 55.8 Å². The Balaban J connectivity index is 1.10. The Morgan fingerprint density at radius 2 is 1.04 bits per heavy atom. The van der Waals surface area contributed by atoms with E-state index in [4.69, 9.17) is 15.0 Å². The van der Waals surface area contributed by atoms with Gasteiger partial charge in [0.15, 0.2) is 0 Å². The smallest absolute Gasteiger partial charge is 0.113 e. The van der Waals surface area contributed by atoms with Gasteiger partial charge in [-0.3, -0.25) is 19.9 Å². The second-order valence-electron chi connectivity index (χ2n) is 14.0. The van der Waals surface area contributed by atoms with E-state index in [1.807, 2.05) is 36.9 Å². The summed E-state index contributed by atoms with van der Waals surface area (Å²) >= 11 is 0. The molecule has 5 heterocycles. The highest BCUT2D eigenvalue weighted by molar-refractivity contribution is 7.03. The maximum Gasteiger partial charge on any atom is 0.113 e. The van der Waals surface area contributed by atoms with E-state index in [-0.39, 0.29) is 0 Å². The molecule has 0 fully saturated rings. The lowest BCUT2D eigenvalue weighted by Crippen LogP contribution is -2.49. The van der Waals surface area contributed by atoms with Crippen molar-refractivity contribution in [2.24, 2.45) is 0 Å². The zero-order valence-electron chi connectivity index (χ0n) is 28.3. The number of aromatic nitrogens is 4. The second kappa shape index (κ2) is 11.4. The Bertz CT molecular complexity index is 2840. The molecule has 0 atom stereocenters. The third kappa shape index (κ3) is 4.81. The number of fused-ring (bicyclic) bond motifs is 7. The quantitative estimate of drug-likeness (QED) is 0.138. The van der Waals surface area contributed by atoms with E-state index in [1.165, 1.54) is 27.1 Å². The predicted molar refractivity (Wildman–Crippen MR) is 214 cm³/mol. The summed E-state index contributed by atoms with van der Waals surface area (Å²) in [7, 11) is -1.75. The largest absolute Gasteiger partial charge is 0.256 e. The molecule has 0 amide bonds. The summed E-state index contributed by atoms with van der Waals surface area (Å²) in [6.45, 7) is 4.93. The molecule has 5 aromatic carbocycles. The van der Waals surface area contributed by atoms with Crippen LogP contribution in [0.3, 0.4) is 0 Å². The number of hydrogen-bond acceptors (Lipinski definition) is 4. The standard InChI is InChI=1S/C46H32N4Si/c1-51(2)42-13-4-3-11-39(42)40-26-31(17-19-43(40)51)34-23-35(38-12-5-8-29-9-6-20-47-44(29)38)25-36(24-34)41-18-16-33(27-49-41)37-22-32-15-14-30-10-7-21-48-45(30)46(32)50-28-37/h3-28H,1-2H3. The Kier molecular flexibility index (Phi) is 6.60. The first-order valence-corrected chi connectivity index (χ1v) is 20.4. The summed E-state index contributed by atoms with van der Waals surface area (Å²) in [4.78, 5) is 19.3. The maximum atomic E-state index is 5.04. The van der Waals surface area contributed by atoms with E-state index < -0.39 is 8.07 Å². The zero-order valence-corrected chi connectivity index (χ0v) is 29.3. The Hall–Kier alpha value is -6.30. The number of para-hydroxylation sites is 1. The minimum absolute atomic E-state index is 0.912. The second-order valence-corrected chi connectivity index (χ2v) is 18.3. The number of nitrogens with zero attached hydrogens (tertiary/aromatic N) is 4. The normalized spacial score (nSPS) is 13.1. The Labute approximate surface area is 297 Å². The van der Waals surface area contributed by atoms with Crippen LogP contribution in [0.4, 0.5) is 0 Å². The molecule has 9 aromatic rings. The van der Waals surface area contributed by atoms with Crippen molar-refractivity contribution in [2.75, 3.05) is 0 Å². The van der Waals surface area contributed by atoms with Gasteiger partial charge in [-0.05, 0) is 86.7 Å². The lowest BCUT2D eigenvalue weighted by molar-refractivity contribution is 1.31. The highest BCUT2D eigenvalue weighted by atomic mass is 28.3. The first-order chi connectivity index (χ1) is 25.0. The molecule has 51 heavy (non-hydrogen) atoms. The number of rotatable bonds is 4. The van der Waals surface area contributed by atoms with Gasteiger partial charge in [-0.25, -0.2) is 0 Å². The summed E-state index contributed by atoms with van der Waals surface area (Å²) in [5, 5.41) is 6.30. The molecule has 4 nitrogen and oxygen atoms in total. The monoisotopic (exact) mass is 668 g/mol. The van der Waals surface area contributed by atoms with Crippen LogP contribution in [0.1, 0.15) is 0 Å². The molecular weight excluding hydrogens is 637 g/mol. The number of pyridine rings is 4. The Morgan fingerprint density at radius 3 is 1.90 bits per heavy atom. The van der Waals surface area contributed by atoms with Crippen LogP contribution in [0.5, 0.6) is 0 Å². The van der Waals surface area contributed by atoms with E-state index in [2.05, 4.69) is 139 Å². The highest BCUT2D eigenvalue weighted by Gasteiger charge is 2.37. The van der Waals surface area contributed by atoms with Gasteiger partial charge in [0.25, 0.3) is 0 Å². The lowest BCUT2D eigenvalue weighted by Gasteiger charge is -2.19. The fraction of sp³-hybridized carbons (Fsp3) is 0.0435. The van der Waals surface area contributed by atoms with Crippen molar-refractivity contribution in [3.63, 3.8) is 0 Å². The minimum atomic E-state index is -1.75. The van der Waals surface area contributed by atoms with Crippen LogP contribution in [0.25, 0.3) is 88.5 Å². The molecular formula is C46H32N4Si. The SMILES string of the molecule is C[Si]1(C)c2ccccc2-c2cc(-c3cc(-c4ccc(-c5cnc6c(ccc7cccnc76)c5)cn4)cc(-c4cccc5cccnc45)c3)ccc21. The molecule has 1 aliphatic heterocycles. The molecule has 0 saturated carbocycles.